The lowest BCUT2D eigenvalue weighted by atomic mass is 9.97. The number of hydrogen-bond acceptors (Lipinski definition) is 4. The number of nitrogens with one attached hydrogen (secondary N) is 3. The molecule has 0 aliphatic carbocycles. The van der Waals surface area contributed by atoms with Gasteiger partial charge in [0.05, 0.1) is 17.0 Å². The van der Waals surface area contributed by atoms with Crippen LogP contribution in [0, 0.1) is 5.82 Å². The zero-order chi connectivity index (χ0) is 23.4. The van der Waals surface area contributed by atoms with Crippen LogP contribution in [0.1, 0.15) is 28.7 Å². The number of carboxylic acids is 1. The maximum atomic E-state index is 13.8. The van der Waals surface area contributed by atoms with E-state index in [2.05, 4.69) is 16.0 Å². The molecule has 7 heteroatoms. The zero-order valence-electron chi connectivity index (χ0n) is 18.1. The van der Waals surface area contributed by atoms with Gasteiger partial charge in [0.25, 0.3) is 5.91 Å². The monoisotopic (exact) mass is 445 g/mol. The molecule has 33 heavy (non-hydrogen) atoms. The minimum atomic E-state index is -0.871. The minimum absolute atomic E-state index is 0.0114. The molecule has 1 aliphatic heterocycles. The highest BCUT2D eigenvalue weighted by Gasteiger charge is 2.29. The number of halogens is 1. The van der Waals surface area contributed by atoms with E-state index in [0.29, 0.717) is 35.5 Å². The number of anilines is 2. The van der Waals surface area contributed by atoms with E-state index in [0.717, 1.165) is 22.4 Å². The number of carbonyl (C=O) groups is 2. The molecule has 0 unspecified atom stereocenters. The average Bonchev–Trinajstić information content (AvgIpc) is 3.11. The Morgan fingerprint density at radius 2 is 1.82 bits per heavy atom. The number of amides is 1. The highest BCUT2D eigenvalue weighted by Crippen LogP contribution is 2.38. The number of carboxylic acid groups (broad SMARTS) is 1. The van der Waals surface area contributed by atoms with Gasteiger partial charge in [-0.2, -0.15) is 0 Å². The molecule has 0 aromatic heterocycles. The SMILES string of the molecule is CNCc1cccc(N/C(=C2\C(=O)Nc3cc(F)ccc32)c2cccc(CCC(=O)O)c2)c1. The Morgan fingerprint density at radius 3 is 2.61 bits per heavy atom. The van der Waals surface area contributed by atoms with Crippen molar-refractivity contribution >= 4 is 34.5 Å². The number of hydrogen-bond donors (Lipinski definition) is 4. The summed E-state index contributed by atoms with van der Waals surface area (Å²) in [5.41, 5.74) is 5.43. The van der Waals surface area contributed by atoms with Crippen molar-refractivity contribution in [2.75, 3.05) is 17.7 Å². The van der Waals surface area contributed by atoms with E-state index in [1.165, 1.54) is 12.1 Å². The molecule has 168 valence electrons. The Balaban J connectivity index is 1.83. The van der Waals surface area contributed by atoms with Crippen LogP contribution < -0.4 is 16.0 Å². The summed E-state index contributed by atoms with van der Waals surface area (Å²) in [6, 6.07) is 19.5. The second kappa shape index (κ2) is 9.67. The summed E-state index contributed by atoms with van der Waals surface area (Å²) < 4.78 is 13.8. The highest BCUT2D eigenvalue weighted by molar-refractivity contribution is 6.37. The van der Waals surface area contributed by atoms with Crippen molar-refractivity contribution in [3.63, 3.8) is 0 Å². The van der Waals surface area contributed by atoms with E-state index in [1.807, 2.05) is 55.6 Å². The summed E-state index contributed by atoms with van der Waals surface area (Å²) in [5, 5.41) is 18.3. The Kier molecular flexibility index (Phi) is 6.51. The maximum Gasteiger partial charge on any atom is 0.303 e. The van der Waals surface area contributed by atoms with Gasteiger partial charge in [-0.15, -0.1) is 0 Å². The van der Waals surface area contributed by atoms with Gasteiger partial charge in [-0.1, -0.05) is 30.3 Å². The van der Waals surface area contributed by atoms with Crippen molar-refractivity contribution in [1.29, 1.82) is 0 Å². The molecule has 4 N–H and O–H groups in total. The molecule has 3 aromatic rings. The lowest BCUT2D eigenvalue weighted by molar-refractivity contribution is -0.137. The lowest BCUT2D eigenvalue weighted by Crippen LogP contribution is -2.11. The molecular formula is C26H24FN3O3. The van der Waals surface area contributed by atoms with Gasteiger partial charge in [0, 0.05) is 24.2 Å². The summed E-state index contributed by atoms with van der Waals surface area (Å²) in [4.78, 5) is 24.0. The van der Waals surface area contributed by atoms with Crippen LogP contribution in [0.4, 0.5) is 15.8 Å². The molecule has 0 fully saturated rings. The van der Waals surface area contributed by atoms with Gasteiger partial charge in [-0.05, 0) is 66.6 Å². The molecule has 0 saturated heterocycles. The predicted molar refractivity (Wildman–Crippen MR) is 127 cm³/mol. The van der Waals surface area contributed by atoms with Gasteiger partial charge < -0.3 is 21.1 Å². The molecule has 6 nitrogen and oxygen atoms in total. The first kappa shape index (κ1) is 22.2. The van der Waals surface area contributed by atoms with Crippen molar-refractivity contribution in [1.82, 2.24) is 5.32 Å². The number of aliphatic carboxylic acids is 1. The third kappa shape index (κ3) is 5.10. The lowest BCUT2D eigenvalue weighted by Gasteiger charge is -2.16. The van der Waals surface area contributed by atoms with E-state index < -0.39 is 11.8 Å². The number of fused-ring (bicyclic) bond motifs is 1. The summed E-state index contributed by atoms with van der Waals surface area (Å²) in [7, 11) is 1.87. The summed E-state index contributed by atoms with van der Waals surface area (Å²) >= 11 is 0. The summed E-state index contributed by atoms with van der Waals surface area (Å²) in [5.74, 6) is -1.63. The van der Waals surface area contributed by atoms with Crippen molar-refractivity contribution in [3.05, 3.63) is 94.8 Å². The molecule has 1 heterocycles. The van der Waals surface area contributed by atoms with Crippen LogP contribution in [0.3, 0.4) is 0 Å². The molecular weight excluding hydrogens is 421 g/mol. The van der Waals surface area contributed by atoms with Crippen LogP contribution in [0.5, 0.6) is 0 Å². The topological polar surface area (TPSA) is 90.5 Å². The molecule has 4 rings (SSSR count). The fourth-order valence-corrected chi connectivity index (χ4v) is 3.91. The number of carbonyl (C=O) groups excluding carboxylic acids is 1. The quantitative estimate of drug-likeness (QED) is 0.384. The Labute approximate surface area is 191 Å². The van der Waals surface area contributed by atoms with Gasteiger partial charge in [0.15, 0.2) is 0 Å². The van der Waals surface area contributed by atoms with E-state index >= 15 is 0 Å². The first-order valence-electron chi connectivity index (χ1n) is 10.6. The van der Waals surface area contributed by atoms with Crippen LogP contribution in [0.15, 0.2) is 66.7 Å². The van der Waals surface area contributed by atoms with Crippen molar-refractivity contribution in [2.45, 2.75) is 19.4 Å². The van der Waals surface area contributed by atoms with Crippen LogP contribution >= 0.6 is 0 Å². The number of rotatable bonds is 8. The number of benzene rings is 3. The molecule has 1 amide bonds. The van der Waals surface area contributed by atoms with E-state index in [9.17, 15) is 14.0 Å². The molecule has 3 aromatic carbocycles. The third-order valence-electron chi connectivity index (χ3n) is 5.40. The maximum absolute atomic E-state index is 13.8. The van der Waals surface area contributed by atoms with Crippen molar-refractivity contribution in [2.24, 2.45) is 0 Å². The molecule has 0 atom stereocenters. The van der Waals surface area contributed by atoms with Gasteiger partial charge in [-0.25, -0.2) is 4.39 Å². The Morgan fingerprint density at radius 1 is 1.03 bits per heavy atom. The molecule has 0 radical (unpaired) electrons. The molecule has 0 saturated carbocycles. The Hall–Kier alpha value is -3.97. The summed E-state index contributed by atoms with van der Waals surface area (Å²) in [6.45, 7) is 0.689. The van der Waals surface area contributed by atoms with Gasteiger partial charge in [0.1, 0.15) is 5.82 Å². The second-order valence-corrected chi connectivity index (χ2v) is 7.84. The third-order valence-corrected chi connectivity index (χ3v) is 5.40. The van der Waals surface area contributed by atoms with Gasteiger partial charge in [-0.3, -0.25) is 9.59 Å². The zero-order valence-corrected chi connectivity index (χ0v) is 18.1. The minimum Gasteiger partial charge on any atom is -0.481 e. The number of aryl methyl sites for hydroxylation is 1. The summed E-state index contributed by atoms with van der Waals surface area (Å²) in [6.07, 6.45) is 0.384. The van der Waals surface area contributed by atoms with E-state index in [4.69, 9.17) is 5.11 Å². The van der Waals surface area contributed by atoms with Crippen LogP contribution in [0.2, 0.25) is 0 Å². The van der Waals surface area contributed by atoms with Crippen molar-refractivity contribution in [3.8, 4) is 0 Å². The molecule has 0 bridgehead atoms. The van der Waals surface area contributed by atoms with Gasteiger partial charge >= 0.3 is 5.97 Å². The predicted octanol–water partition coefficient (Wildman–Crippen LogP) is 4.49. The van der Waals surface area contributed by atoms with Gasteiger partial charge in [0.2, 0.25) is 0 Å². The van der Waals surface area contributed by atoms with E-state index in [-0.39, 0.29) is 12.3 Å². The van der Waals surface area contributed by atoms with Crippen LogP contribution in [-0.4, -0.2) is 24.0 Å². The second-order valence-electron chi connectivity index (χ2n) is 7.84. The average molecular weight is 445 g/mol. The first-order chi connectivity index (χ1) is 15.9. The fourth-order valence-electron chi connectivity index (χ4n) is 3.91. The smallest absolute Gasteiger partial charge is 0.303 e. The molecule has 0 spiro atoms. The standard InChI is InChI=1S/C26H24FN3O3/c1-28-15-17-5-3-7-20(13-17)29-25(18-6-2-4-16(12-18)8-11-23(31)32)24-21-10-9-19(27)14-22(21)30-26(24)33/h2-7,9-10,12-14,28-29H,8,11,15H2,1H3,(H,30,33)(H,31,32)/b25-24-. The normalized spacial score (nSPS) is 13.9. The largest absolute Gasteiger partial charge is 0.481 e. The van der Waals surface area contributed by atoms with Crippen LogP contribution in [0.25, 0.3) is 11.3 Å². The Bertz CT molecular complexity index is 1250. The van der Waals surface area contributed by atoms with Crippen molar-refractivity contribution < 1.29 is 19.1 Å². The van der Waals surface area contributed by atoms with Crippen LogP contribution in [-0.2, 0) is 22.6 Å². The highest BCUT2D eigenvalue weighted by atomic mass is 19.1. The first-order valence-corrected chi connectivity index (χ1v) is 10.6. The fraction of sp³-hybridized carbons (Fsp3) is 0.154. The van der Waals surface area contributed by atoms with E-state index in [1.54, 1.807) is 6.07 Å². The molecule has 1 aliphatic rings.